The SMILES string of the molecule is CC(NC(=O)c1cc(OC(F)(F)F)cc(S(C)(=O)=O)c1)c1nccnc1-c1ncc(C(=O)N(C)CC2CC2)s1. The van der Waals surface area contributed by atoms with Crippen molar-refractivity contribution in [2.45, 2.75) is 37.1 Å². The fraction of sp³-hybridized carbons (Fsp3) is 0.375. The van der Waals surface area contributed by atoms with Gasteiger partial charge in [0.2, 0.25) is 0 Å². The highest BCUT2D eigenvalue weighted by Crippen LogP contribution is 2.32. The van der Waals surface area contributed by atoms with E-state index in [1.165, 1.54) is 18.6 Å². The fourth-order valence-corrected chi connectivity index (χ4v) is 5.32. The van der Waals surface area contributed by atoms with Crippen molar-refractivity contribution in [2.75, 3.05) is 19.8 Å². The summed E-state index contributed by atoms with van der Waals surface area (Å²) in [4.78, 5) is 40.2. The van der Waals surface area contributed by atoms with Crippen molar-refractivity contribution in [1.82, 2.24) is 25.2 Å². The third kappa shape index (κ3) is 7.29. The number of benzene rings is 1. The summed E-state index contributed by atoms with van der Waals surface area (Å²) in [5.41, 5.74) is 0.233. The number of rotatable bonds is 9. The molecule has 4 rings (SSSR count). The summed E-state index contributed by atoms with van der Waals surface area (Å²) in [6, 6.07) is 1.61. The first-order valence-electron chi connectivity index (χ1n) is 11.7. The van der Waals surface area contributed by atoms with E-state index in [0.29, 0.717) is 34.1 Å². The number of thiazole rings is 1. The number of alkyl halides is 3. The highest BCUT2D eigenvalue weighted by atomic mass is 32.2. The van der Waals surface area contributed by atoms with E-state index in [1.807, 2.05) is 0 Å². The third-order valence-corrected chi connectivity index (χ3v) is 7.87. The molecule has 1 aliphatic rings. The summed E-state index contributed by atoms with van der Waals surface area (Å²) < 4.78 is 66.2. The molecule has 39 heavy (non-hydrogen) atoms. The van der Waals surface area contributed by atoms with E-state index < -0.39 is 38.8 Å². The van der Waals surface area contributed by atoms with Gasteiger partial charge in [0, 0.05) is 37.8 Å². The zero-order chi connectivity index (χ0) is 28.5. The number of ether oxygens (including phenoxy) is 1. The number of carbonyl (C=O) groups excluding carboxylic acids is 2. The van der Waals surface area contributed by atoms with E-state index in [0.717, 1.165) is 42.6 Å². The van der Waals surface area contributed by atoms with Gasteiger partial charge in [-0.15, -0.1) is 24.5 Å². The van der Waals surface area contributed by atoms with Gasteiger partial charge in [-0.2, -0.15) is 0 Å². The molecule has 10 nitrogen and oxygen atoms in total. The Kier molecular flexibility index (Phi) is 7.93. The molecule has 3 aromatic rings. The average molecular weight is 584 g/mol. The lowest BCUT2D eigenvalue weighted by Gasteiger charge is -2.17. The first-order chi connectivity index (χ1) is 18.2. The lowest BCUT2D eigenvalue weighted by Crippen LogP contribution is -2.28. The molecule has 1 aliphatic carbocycles. The molecule has 208 valence electrons. The summed E-state index contributed by atoms with van der Waals surface area (Å²) >= 11 is 1.12. The zero-order valence-electron chi connectivity index (χ0n) is 21.0. The Labute approximate surface area is 226 Å². The van der Waals surface area contributed by atoms with Crippen molar-refractivity contribution in [3.63, 3.8) is 0 Å². The van der Waals surface area contributed by atoms with Crippen molar-refractivity contribution < 1.29 is 35.9 Å². The van der Waals surface area contributed by atoms with Gasteiger partial charge in [0.25, 0.3) is 11.8 Å². The second-order valence-corrected chi connectivity index (χ2v) is 12.2. The molecule has 15 heteroatoms. The van der Waals surface area contributed by atoms with Gasteiger partial charge in [-0.25, -0.2) is 13.4 Å². The number of carbonyl (C=O) groups is 2. The minimum absolute atomic E-state index is 0.167. The van der Waals surface area contributed by atoms with E-state index in [4.69, 9.17) is 0 Å². The van der Waals surface area contributed by atoms with E-state index in [2.05, 4.69) is 25.0 Å². The number of halogens is 3. The van der Waals surface area contributed by atoms with Gasteiger partial charge in [0.05, 0.1) is 22.8 Å². The standard InChI is InChI=1S/C24H24F3N5O5S2/c1-13(31-21(33)15-8-16(37-24(25,26)27)10-17(9-15)39(3,35)36)19-20(29-7-6-28-19)22-30-11-18(38-22)23(34)32(2)12-14-4-5-14/h6-11,13-14H,4-5,12H2,1-3H3,(H,31,33). The molecule has 2 aromatic heterocycles. The first kappa shape index (κ1) is 28.4. The van der Waals surface area contributed by atoms with Crippen LogP contribution in [-0.2, 0) is 9.84 Å². The van der Waals surface area contributed by atoms with E-state index in [1.54, 1.807) is 18.9 Å². The molecule has 0 radical (unpaired) electrons. The maximum atomic E-state index is 13.0. The van der Waals surface area contributed by atoms with Crippen LogP contribution < -0.4 is 10.1 Å². The number of amides is 2. The van der Waals surface area contributed by atoms with Gasteiger partial charge in [0.15, 0.2) is 9.84 Å². The maximum absolute atomic E-state index is 13.0. The predicted octanol–water partition coefficient (Wildman–Crippen LogP) is 3.88. The summed E-state index contributed by atoms with van der Waals surface area (Å²) in [5.74, 6) is -1.36. The Morgan fingerprint density at radius 3 is 2.51 bits per heavy atom. The van der Waals surface area contributed by atoms with Crippen molar-refractivity contribution in [2.24, 2.45) is 5.92 Å². The Balaban J connectivity index is 1.57. The summed E-state index contributed by atoms with van der Waals surface area (Å²) in [7, 11) is -2.23. The number of nitrogens with one attached hydrogen (secondary N) is 1. The lowest BCUT2D eigenvalue weighted by atomic mass is 10.1. The monoisotopic (exact) mass is 583 g/mol. The van der Waals surface area contributed by atoms with Gasteiger partial charge in [-0.1, -0.05) is 0 Å². The van der Waals surface area contributed by atoms with E-state index >= 15 is 0 Å². The van der Waals surface area contributed by atoms with Gasteiger partial charge < -0.3 is 15.0 Å². The molecule has 2 heterocycles. The lowest BCUT2D eigenvalue weighted by molar-refractivity contribution is -0.274. The summed E-state index contributed by atoms with van der Waals surface area (Å²) in [6.45, 7) is 2.24. The molecule has 0 spiro atoms. The molecule has 1 atom stereocenters. The number of hydrogen-bond acceptors (Lipinski definition) is 9. The second-order valence-electron chi connectivity index (χ2n) is 9.16. The van der Waals surface area contributed by atoms with Crippen molar-refractivity contribution in [1.29, 1.82) is 0 Å². The van der Waals surface area contributed by atoms with E-state index in [-0.39, 0.29) is 17.2 Å². The molecule has 0 bridgehead atoms. The van der Waals surface area contributed by atoms with Crippen LogP contribution in [0.4, 0.5) is 13.2 Å². The second kappa shape index (κ2) is 10.9. The molecule has 1 aromatic carbocycles. The molecule has 1 saturated carbocycles. The van der Waals surface area contributed by atoms with Gasteiger partial charge >= 0.3 is 6.36 Å². The average Bonchev–Trinajstić information content (AvgIpc) is 3.53. The van der Waals surface area contributed by atoms with Crippen molar-refractivity contribution >= 4 is 33.0 Å². The summed E-state index contributed by atoms with van der Waals surface area (Å²) in [6.07, 6.45) is 2.18. The van der Waals surface area contributed by atoms with Gasteiger partial charge in [-0.05, 0) is 43.9 Å². The maximum Gasteiger partial charge on any atom is 0.573 e. The number of aromatic nitrogens is 3. The zero-order valence-corrected chi connectivity index (χ0v) is 22.7. The molecule has 1 N–H and O–H groups in total. The Morgan fingerprint density at radius 1 is 1.18 bits per heavy atom. The smallest absolute Gasteiger partial charge is 0.406 e. The number of sulfone groups is 1. The van der Waals surface area contributed by atoms with Crippen LogP contribution in [-0.4, -0.2) is 66.3 Å². The summed E-state index contributed by atoms with van der Waals surface area (Å²) in [5, 5.41) is 2.99. The van der Waals surface area contributed by atoms with E-state index in [9.17, 15) is 31.2 Å². The first-order valence-corrected chi connectivity index (χ1v) is 14.4. The van der Waals surface area contributed by atoms with Crippen LogP contribution in [0.2, 0.25) is 0 Å². The normalized spacial score (nSPS) is 14.5. The largest absolute Gasteiger partial charge is 0.573 e. The minimum atomic E-state index is -5.09. The van der Waals surface area contributed by atoms with Crippen molar-refractivity contribution in [3.05, 3.63) is 52.9 Å². The Bertz CT molecular complexity index is 1510. The van der Waals surface area contributed by atoms with Crippen LogP contribution in [0, 0.1) is 5.92 Å². The van der Waals surface area contributed by atoms with Crippen LogP contribution in [0.15, 0.2) is 41.7 Å². The topological polar surface area (TPSA) is 131 Å². The molecule has 1 fully saturated rings. The van der Waals surface area contributed by atoms with Crippen LogP contribution in [0.3, 0.4) is 0 Å². The minimum Gasteiger partial charge on any atom is -0.406 e. The van der Waals surface area contributed by atoms with Crippen molar-refractivity contribution in [3.8, 4) is 16.5 Å². The number of nitrogens with zero attached hydrogens (tertiary/aromatic N) is 4. The third-order valence-electron chi connectivity index (χ3n) is 5.78. The molecule has 0 aliphatic heterocycles. The highest BCUT2D eigenvalue weighted by Gasteiger charge is 2.32. The molecule has 1 unspecified atom stereocenters. The van der Waals surface area contributed by atoms with Gasteiger partial charge in [0.1, 0.15) is 21.3 Å². The Morgan fingerprint density at radius 2 is 1.87 bits per heavy atom. The quantitative estimate of drug-likeness (QED) is 0.402. The van der Waals surface area contributed by atoms with Crippen LogP contribution in [0.1, 0.15) is 51.5 Å². The number of hydrogen-bond donors (Lipinski definition) is 1. The van der Waals surface area contributed by atoms with Gasteiger partial charge in [-0.3, -0.25) is 19.6 Å². The molecular weight excluding hydrogens is 559 g/mol. The van der Waals surface area contributed by atoms with Crippen LogP contribution >= 0.6 is 11.3 Å². The molecule has 0 saturated heterocycles. The molecular formula is C24H24F3N5O5S2. The molecule has 2 amide bonds. The highest BCUT2D eigenvalue weighted by molar-refractivity contribution is 7.90. The predicted molar refractivity (Wildman–Crippen MR) is 135 cm³/mol. The van der Waals surface area contributed by atoms with Crippen LogP contribution in [0.25, 0.3) is 10.7 Å². The van der Waals surface area contributed by atoms with Crippen LogP contribution in [0.5, 0.6) is 5.75 Å². The fourth-order valence-electron chi connectivity index (χ4n) is 3.73. The Hall–Kier alpha value is -3.59.